The van der Waals surface area contributed by atoms with E-state index in [1.165, 1.54) is 17.4 Å². The Morgan fingerprint density at radius 3 is 3.18 bits per heavy atom. The maximum absolute atomic E-state index is 11.2. The van der Waals surface area contributed by atoms with Crippen LogP contribution in [0.15, 0.2) is 39.8 Å². The van der Waals surface area contributed by atoms with E-state index < -0.39 is 0 Å². The van der Waals surface area contributed by atoms with E-state index in [9.17, 15) is 4.79 Å². The average molecular weight is 267 g/mol. The molecule has 0 atom stereocenters. The summed E-state index contributed by atoms with van der Waals surface area (Å²) in [6.07, 6.45) is 3.63. The second-order valence-electron chi connectivity index (χ2n) is 3.53. The molecule has 0 N–H and O–H groups in total. The highest BCUT2D eigenvalue weighted by molar-refractivity contribution is 7.15. The summed E-state index contributed by atoms with van der Waals surface area (Å²) in [5, 5.41) is 0. The minimum absolute atomic E-state index is 0.331. The van der Waals surface area contributed by atoms with Gasteiger partial charge in [0.1, 0.15) is 0 Å². The second kappa shape index (κ2) is 4.01. The zero-order valence-corrected chi connectivity index (χ0v) is 10.2. The van der Waals surface area contributed by atoms with E-state index >= 15 is 0 Å². The molecule has 0 amide bonds. The highest BCUT2D eigenvalue weighted by atomic mass is 35.5. The molecule has 0 aromatic carbocycles. The zero-order chi connectivity index (χ0) is 11.8. The summed E-state index contributed by atoms with van der Waals surface area (Å²) in [6.45, 7) is 0.626. The lowest BCUT2D eigenvalue weighted by Gasteiger charge is -2.08. The van der Waals surface area contributed by atoms with Crippen LogP contribution in [0.4, 0.5) is 0 Å². The number of thiazole rings is 1. The Bertz CT molecular complexity index is 685. The number of halogens is 1. The second-order valence-corrected chi connectivity index (χ2v) is 5.23. The van der Waals surface area contributed by atoms with Crippen LogP contribution in [0.3, 0.4) is 0 Å². The highest BCUT2D eigenvalue weighted by Crippen LogP contribution is 2.23. The van der Waals surface area contributed by atoms with Gasteiger partial charge in [-0.25, -0.2) is 9.78 Å². The normalized spacial score (nSPS) is 11.1. The molecule has 3 rings (SSSR count). The zero-order valence-electron chi connectivity index (χ0n) is 8.59. The maximum atomic E-state index is 11.2. The molecule has 0 fully saturated rings. The first-order chi connectivity index (χ1) is 8.22. The van der Waals surface area contributed by atoms with Crippen molar-refractivity contribution in [3.8, 4) is 11.5 Å². The van der Waals surface area contributed by atoms with E-state index in [1.54, 1.807) is 12.3 Å². The molecule has 17 heavy (non-hydrogen) atoms. The first-order valence-electron chi connectivity index (χ1n) is 4.91. The van der Waals surface area contributed by atoms with E-state index in [0.717, 1.165) is 10.6 Å². The van der Waals surface area contributed by atoms with Gasteiger partial charge in [0.2, 0.25) is 0 Å². The van der Waals surface area contributed by atoms with E-state index in [2.05, 4.69) is 4.98 Å². The van der Waals surface area contributed by atoms with Crippen LogP contribution in [0.5, 0.6) is 0 Å². The summed E-state index contributed by atoms with van der Waals surface area (Å²) < 4.78 is 7.49. The van der Waals surface area contributed by atoms with E-state index in [1.807, 2.05) is 16.8 Å². The molecular weight excluding hydrogens is 260 g/mol. The van der Waals surface area contributed by atoms with Crippen molar-refractivity contribution in [1.82, 2.24) is 9.55 Å². The number of rotatable bonds is 2. The molecule has 6 heteroatoms. The van der Waals surface area contributed by atoms with Gasteiger partial charge < -0.3 is 8.98 Å². The van der Waals surface area contributed by atoms with Crippen LogP contribution >= 0.6 is 22.9 Å². The van der Waals surface area contributed by atoms with Gasteiger partial charge in [0, 0.05) is 17.3 Å². The summed E-state index contributed by atoms with van der Waals surface area (Å²) in [5.74, 6) is 0.591. The van der Waals surface area contributed by atoms with Crippen molar-refractivity contribution in [2.45, 2.75) is 6.54 Å². The summed E-state index contributed by atoms with van der Waals surface area (Å²) in [7, 11) is 0. The first kappa shape index (κ1) is 10.6. The Hall–Kier alpha value is -1.59. The highest BCUT2D eigenvalue weighted by Gasteiger charge is 2.12. The maximum Gasteiger partial charge on any atom is 0.338 e. The lowest BCUT2D eigenvalue weighted by atomic mass is 10.3. The van der Waals surface area contributed by atoms with Crippen LogP contribution < -0.4 is 5.63 Å². The lowest BCUT2D eigenvalue weighted by molar-refractivity contribution is 0.540. The predicted octanol–water partition coefficient (Wildman–Crippen LogP) is 2.70. The predicted molar refractivity (Wildman–Crippen MR) is 65.8 cm³/mol. The molecule has 3 heterocycles. The van der Waals surface area contributed by atoms with Crippen molar-refractivity contribution >= 4 is 22.9 Å². The van der Waals surface area contributed by atoms with Gasteiger partial charge in [-0.3, -0.25) is 0 Å². The molecule has 1 aromatic rings. The number of fused-ring (bicyclic) bond motifs is 1. The van der Waals surface area contributed by atoms with Crippen molar-refractivity contribution in [2.75, 3.05) is 0 Å². The van der Waals surface area contributed by atoms with Gasteiger partial charge in [0.25, 0.3) is 0 Å². The Morgan fingerprint density at radius 2 is 2.41 bits per heavy atom. The van der Waals surface area contributed by atoms with Crippen LogP contribution in [-0.4, -0.2) is 9.55 Å². The average Bonchev–Trinajstić information content (AvgIpc) is 2.84. The summed E-state index contributed by atoms with van der Waals surface area (Å²) in [4.78, 5) is 16.2. The Balaban J connectivity index is 2.03. The minimum Gasteiger partial charge on any atom is -0.421 e. The van der Waals surface area contributed by atoms with Crippen molar-refractivity contribution in [3.05, 3.63) is 50.4 Å². The summed E-state index contributed by atoms with van der Waals surface area (Å²) >= 11 is 7.20. The van der Waals surface area contributed by atoms with Crippen molar-refractivity contribution in [1.29, 1.82) is 0 Å². The molecule has 0 saturated carbocycles. The standard InChI is InChI=1S/C11H7ClN2O2S/c12-11-13-5-7(17-11)6-14-3-1-2-9-8(14)4-10(15)16-9/h1-5H,6H2. The molecule has 2 aliphatic rings. The molecule has 0 saturated heterocycles. The number of aromatic nitrogens is 2. The Kier molecular flexibility index (Phi) is 2.49. The van der Waals surface area contributed by atoms with E-state index in [-0.39, 0.29) is 5.63 Å². The minimum atomic E-state index is -0.331. The molecule has 0 bridgehead atoms. The molecule has 0 spiro atoms. The van der Waals surface area contributed by atoms with Crippen LogP contribution in [-0.2, 0) is 6.54 Å². The third kappa shape index (κ3) is 1.99. The van der Waals surface area contributed by atoms with Gasteiger partial charge in [-0.05, 0) is 12.1 Å². The van der Waals surface area contributed by atoms with Gasteiger partial charge in [0.05, 0.1) is 18.3 Å². The fourth-order valence-electron chi connectivity index (χ4n) is 1.69. The van der Waals surface area contributed by atoms with Crippen molar-refractivity contribution in [3.63, 3.8) is 0 Å². The Morgan fingerprint density at radius 1 is 1.53 bits per heavy atom. The summed E-state index contributed by atoms with van der Waals surface area (Å²) in [5.41, 5.74) is 0.448. The SMILES string of the molecule is O=c1cc2n(Cc3cnc(Cl)s3)cccc-2o1. The van der Waals surface area contributed by atoms with Gasteiger partial charge in [-0.2, -0.15) is 0 Å². The van der Waals surface area contributed by atoms with Gasteiger partial charge >= 0.3 is 5.63 Å². The van der Waals surface area contributed by atoms with E-state index in [0.29, 0.717) is 16.8 Å². The molecule has 2 aliphatic heterocycles. The largest absolute Gasteiger partial charge is 0.421 e. The monoisotopic (exact) mass is 266 g/mol. The Labute approximate surface area is 105 Å². The van der Waals surface area contributed by atoms with Crippen LogP contribution in [0.1, 0.15) is 4.88 Å². The molecule has 0 radical (unpaired) electrons. The number of pyridine rings is 1. The van der Waals surface area contributed by atoms with E-state index in [4.69, 9.17) is 16.0 Å². The molecule has 4 nitrogen and oxygen atoms in total. The molecule has 0 unspecified atom stereocenters. The van der Waals surface area contributed by atoms with Crippen LogP contribution in [0.2, 0.25) is 4.47 Å². The van der Waals surface area contributed by atoms with Gasteiger partial charge in [-0.1, -0.05) is 11.6 Å². The number of hydrogen-bond donors (Lipinski definition) is 0. The lowest BCUT2D eigenvalue weighted by Crippen LogP contribution is -2.01. The van der Waals surface area contributed by atoms with Crippen LogP contribution in [0, 0.1) is 0 Å². The number of furan rings is 1. The third-order valence-electron chi connectivity index (χ3n) is 2.39. The van der Waals surface area contributed by atoms with Crippen molar-refractivity contribution < 1.29 is 4.42 Å². The third-order valence-corrected chi connectivity index (χ3v) is 3.49. The van der Waals surface area contributed by atoms with Crippen LogP contribution in [0.25, 0.3) is 11.5 Å². The fraction of sp³-hybridized carbons (Fsp3) is 0.0909. The number of nitrogens with zero attached hydrogens (tertiary/aromatic N) is 2. The molecule has 1 aromatic heterocycles. The van der Waals surface area contributed by atoms with Gasteiger partial charge in [0.15, 0.2) is 10.2 Å². The quantitative estimate of drug-likeness (QED) is 0.716. The summed E-state index contributed by atoms with van der Waals surface area (Å²) in [6, 6.07) is 5.10. The molecule has 86 valence electrons. The molecular formula is C11H7ClN2O2S. The molecule has 0 aliphatic carbocycles. The number of hydrogen-bond acceptors (Lipinski definition) is 4. The first-order valence-corrected chi connectivity index (χ1v) is 6.11. The van der Waals surface area contributed by atoms with Gasteiger partial charge in [-0.15, -0.1) is 11.3 Å². The van der Waals surface area contributed by atoms with Crippen molar-refractivity contribution in [2.24, 2.45) is 0 Å². The topological polar surface area (TPSA) is 48.0 Å². The fourth-order valence-corrected chi connectivity index (χ4v) is 2.67. The smallest absolute Gasteiger partial charge is 0.338 e.